The lowest BCUT2D eigenvalue weighted by Gasteiger charge is -2.20. The highest BCUT2D eigenvalue weighted by Crippen LogP contribution is 2.24. The third kappa shape index (κ3) is 5.04. The van der Waals surface area contributed by atoms with Crippen molar-refractivity contribution in [2.24, 2.45) is 0 Å². The van der Waals surface area contributed by atoms with E-state index in [0.717, 1.165) is 5.56 Å². The third-order valence-electron chi connectivity index (χ3n) is 4.05. The first-order valence-electron chi connectivity index (χ1n) is 8.68. The summed E-state index contributed by atoms with van der Waals surface area (Å²) in [4.78, 5) is 12.3. The maximum atomic E-state index is 13.8. The largest absolute Gasteiger partial charge is 0.451 e. The zero-order valence-corrected chi connectivity index (χ0v) is 14.9. The van der Waals surface area contributed by atoms with E-state index in [1.165, 1.54) is 24.3 Å². The van der Waals surface area contributed by atoms with E-state index in [1.807, 2.05) is 30.3 Å². The lowest BCUT2D eigenvalue weighted by atomic mass is 10.1. The third-order valence-corrected chi connectivity index (χ3v) is 4.05. The van der Waals surface area contributed by atoms with Gasteiger partial charge in [0.15, 0.2) is 12.1 Å². The molecule has 1 atom stereocenters. The summed E-state index contributed by atoms with van der Waals surface area (Å²) in [5, 5.41) is 21.5. The van der Waals surface area contributed by atoms with E-state index in [-0.39, 0.29) is 30.3 Å². The van der Waals surface area contributed by atoms with E-state index in [4.69, 9.17) is 9.15 Å². The molecule has 1 unspecified atom stereocenters. The molecular weight excluding hydrogens is 365 g/mol. The minimum atomic E-state index is -1.82. The van der Waals surface area contributed by atoms with Crippen molar-refractivity contribution in [2.75, 3.05) is 6.61 Å². The van der Waals surface area contributed by atoms with E-state index in [1.54, 1.807) is 12.1 Å². The van der Waals surface area contributed by atoms with Crippen molar-refractivity contribution < 1.29 is 28.6 Å². The second-order valence-electron chi connectivity index (χ2n) is 6.14. The van der Waals surface area contributed by atoms with Crippen molar-refractivity contribution in [3.8, 4) is 11.3 Å². The highest BCUT2D eigenvalue weighted by molar-refractivity contribution is 5.92. The molecule has 0 saturated heterocycles. The number of ether oxygens (including phenoxy) is 1. The van der Waals surface area contributed by atoms with Gasteiger partial charge in [0.05, 0.1) is 18.8 Å². The Morgan fingerprint density at radius 3 is 2.46 bits per heavy atom. The number of benzene rings is 2. The van der Waals surface area contributed by atoms with Gasteiger partial charge >= 0.3 is 0 Å². The Hall–Kier alpha value is -3.00. The fraction of sp³-hybridized carbons (Fsp3) is 0.190. The van der Waals surface area contributed by atoms with E-state index < -0.39 is 24.1 Å². The Balaban J connectivity index is 1.60. The molecule has 0 spiro atoms. The second-order valence-corrected chi connectivity index (χ2v) is 6.14. The Kier molecular flexibility index (Phi) is 6.54. The van der Waals surface area contributed by atoms with Gasteiger partial charge in [-0.25, -0.2) is 4.39 Å². The molecule has 1 amide bonds. The van der Waals surface area contributed by atoms with E-state index >= 15 is 0 Å². The normalized spacial score (nSPS) is 12.1. The molecule has 0 fully saturated rings. The highest BCUT2D eigenvalue weighted by atomic mass is 19.1. The summed E-state index contributed by atoms with van der Waals surface area (Å²) in [5.74, 6) is -1.01. The number of carbonyl (C=O) groups is 1. The molecule has 6 nitrogen and oxygen atoms in total. The predicted molar refractivity (Wildman–Crippen MR) is 99.7 cm³/mol. The number of amides is 1. The molecular formula is C21H20FNO5. The van der Waals surface area contributed by atoms with Crippen LogP contribution in [0.2, 0.25) is 0 Å². The molecule has 146 valence electrons. The Bertz CT molecular complexity index is 910. The zero-order valence-electron chi connectivity index (χ0n) is 14.9. The summed E-state index contributed by atoms with van der Waals surface area (Å²) >= 11 is 0. The summed E-state index contributed by atoms with van der Waals surface area (Å²) in [7, 11) is 0. The number of carbonyl (C=O) groups excluding carboxylic acids is 1. The van der Waals surface area contributed by atoms with Gasteiger partial charge in [-0.2, -0.15) is 0 Å². The average molecular weight is 385 g/mol. The van der Waals surface area contributed by atoms with Crippen LogP contribution < -0.4 is 5.32 Å². The number of rotatable bonds is 8. The number of furan rings is 1. The molecule has 0 bridgehead atoms. The van der Waals surface area contributed by atoms with Gasteiger partial charge in [-0.1, -0.05) is 42.5 Å². The number of halogens is 1. The summed E-state index contributed by atoms with van der Waals surface area (Å²) in [6, 6.07) is 17.2. The van der Waals surface area contributed by atoms with Crippen molar-refractivity contribution in [1.29, 1.82) is 0 Å². The molecule has 3 aromatic rings. The van der Waals surface area contributed by atoms with E-state index in [2.05, 4.69) is 5.32 Å². The smallest absolute Gasteiger partial charge is 0.287 e. The number of hydrogen-bond donors (Lipinski definition) is 3. The number of aliphatic hydroxyl groups is 2. The fourth-order valence-corrected chi connectivity index (χ4v) is 2.59. The molecule has 3 rings (SSSR count). The van der Waals surface area contributed by atoms with Crippen molar-refractivity contribution in [3.63, 3.8) is 0 Å². The Morgan fingerprint density at radius 1 is 1.04 bits per heavy atom. The number of hydrogen-bond acceptors (Lipinski definition) is 5. The number of nitrogens with one attached hydrogen (secondary N) is 1. The maximum absolute atomic E-state index is 13.8. The molecule has 0 aliphatic rings. The van der Waals surface area contributed by atoms with Gasteiger partial charge in [0.2, 0.25) is 0 Å². The molecule has 2 aromatic carbocycles. The summed E-state index contributed by atoms with van der Waals surface area (Å²) in [6.07, 6.45) is -1.82. The standard InChI is InChI=1S/C21H20FNO5/c22-16-9-5-4-8-15(16)18-10-11-19(28-18)20(24)23-17(21(25)26)13-27-12-14-6-2-1-3-7-14/h1-11,17,21,25-26H,12-13H2,(H,23,24). The van der Waals surface area contributed by atoms with Crippen LogP contribution >= 0.6 is 0 Å². The summed E-state index contributed by atoms with van der Waals surface area (Å²) < 4.78 is 24.7. The van der Waals surface area contributed by atoms with Crippen molar-refractivity contribution >= 4 is 5.91 Å². The van der Waals surface area contributed by atoms with Crippen LogP contribution in [0.4, 0.5) is 4.39 Å². The van der Waals surface area contributed by atoms with Gasteiger partial charge in [-0.3, -0.25) is 4.79 Å². The van der Waals surface area contributed by atoms with Crippen LogP contribution in [-0.2, 0) is 11.3 Å². The second kappa shape index (κ2) is 9.27. The molecule has 0 aliphatic heterocycles. The Labute approximate surface area is 161 Å². The molecule has 7 heteroatoms. The van der Waals surface area contributed by atoms with Crippen molar-refractivity contribution in [2.45, 2.75) is 18.9 Å². The number of aliphatic hydroxyl groups excluding tert-OH is 1. The Morgan fingerprint density at radius 2 is 1.75 bits per heavy atom. The lowest BCUT2D eigenvalue weighted by molar-refractivity contribution is -0.0848. The average Bonchev–Trinajstić information content (AvgIpc) is 3.18. The van der Waals surface area contributed by atoms with E-state index in [0.29, 0.717) is 0 Å². The predicted octanol–water partition coefficient (Wildman–Crippen LogP) is 2.71. The van der Waals surface area contributed by atoms with Gasteiger partial charge in [-0.15, -0.1) is 0 Å². The summed E-state index contributed by atoms with van der Waals surface area (Å²) in [5.41, 5.74) is 1.15. The molecule has 1 aromatic heterocycles. The molecule has 0 saturated carbocycles. The SMILES string of the molecule is O=C(NC(COCc1ccccc1)C(O)O)c1ccc(-c2ccccc2F)o1. The first-order chi connectivity index (χ1) is 13.5. The molecule has 28 heavy (non-hydrogen) atoms. The molecule has 3 N–H and O–H groups in total. The van der Waals surface area contributed by atoms with Crippen LogP contribution in [0.3, 0.4) is 0 Å². The van der Waals surface area contributed by atoms with Crippen molar-refractivity contribution in [3.05, 3.63) is 83.9 Å². The van der Waals surface area contributed by atoms with Crippen molar-refractivity contribution in [1.82, 2.24) is 5.32 Å². The van der Waals surface area contributed by atoms with Gasteiger partial charge in [0.25, 0.3) is 5.91 Å². The van der Waals surface area contributed by atoms with Gasteiger partial charge < -0.3 is 24.7 Å². The highest BCUT2D eigenvalue weighted by Gasteiger charge is 2.22. The van der Waals surface area contributed by atoms with Gasteiger partial charge in [-0.05, 0) is 29.8 Å². The minimum absolute atomic E-state index is 0.0769. The first-order valence-corrected chi connectivity index (χ1v) is 8.68. The van der Waals surface area contributed by atoms with E-state index in [9.17, 15) is 19.4 Å². The van der Waals surface area contributed by atoms with Crippen LogP contribution in [0.1, 0.15) is 16.1 Å². The maximum Gasteiger partial charge on any atom is 0.287 e. The lowest BCUT2D eigenvalue weighted by Crippen LogP contribution is -2.46. The van der Waals surface area contributed by atoms with Crippen LogP contribution in [0.5, 0.6) is 0 Å². The van der Waals surface area contributed by atoms with Gasteiger partial charge in [0, 0.05) is 0 Å². The topological polar surface area (TPSA) is 91.9 Å². The summed E-state index contributed by atoms with van der Waals surface area (Å²) in [6.45, 7) is 0.150. The fourth-order valence-electron chi connectivity index (χ4n) is 2.59. The zero-order chi connectivity index (χ0) is 19.9. The minimum Gasteiger partial charge on any atom is -0.451 e. The monoisotopic (exact) mass is 385 g/mol. The van der Waals surface area contributed by atoms with Crippen LogP contribution in [0.25, 0.3) is 11.3 Å². The van der Waals surface area contributed by atoms with Gasteiger partial charge in [0.1, 0.15) is 17.6 Å². The van der Waals surface area contributed by atoms with Crippen LogP contribution in [-0.4, -0.2) is 35.1 Å². The molecule has 1 heterocycles. The van der Waals surface area contributed by atoms with Crippen LogP contribution in [0.15, 0.2) is 71.1 Å². The quantitative estimate of drug-likeness (QED) is 0.519. The van der Waals surface area contributed by atoms with Crippen LogP contribution in [0, 0.1) is 5.82 Å². The first kappa shape index (κ1) is 19.8. The molecule has 0 radical (unpaired) electrons. The molecule has 0 aliphatic carbocycles.